The van der Waals surface area contributed by atoms with Crippen molar-refractivity contribution in [2.24, 2.45) is 0 Å². The van der Waals surface area contributed by atoms with E-state index in [-0.39, 0.29) is 0 Å². The third-order valence-electron chi connectivity index (χ3n) is 3.72. The van der Waals surface area contributed by atoms with Crippen molar-refractivity contribution < 1.29 is 0 Å². The van der Waals surface area contributed by atoms with Crippen molar-refractivity contribution in [3.63, 3.8) is 0 Å². The number of aromatic nitrogens is 4. The number of nitrogens with zero attached hydrogens (tertiary/aromatic N) is 3. The van der Waals surface area contributed by atoms with Gasteiger partial charge in [-0.25, -0.2) is 9.50 Å². The Morgan fingerprint density at radius 2 is 2.11 bits per heavy atom. The Labute approximate surface area is 115 Å². The third kappa shape index (κ3) is 1.85. The molecule has 1 saturated carbocycles. The van der Waals surface area contributed by atoms with Crippen LogP contribution in [0.15, 0.2) is 18.2 Å². The highest BCUT2D eigenvalue weighted by atomic mass is 35.5. The number of anilines is 1. The van der Waals surface area contributed by atoms with Crippen LogP contribution in [0.5, 0.6) is 0 Å². The van der Waals surface area contributed by atoms with Gasteiger partial charge in [-0.15, -0.1) is 0 Å². The number of nitrogens with one attached hydrogen (secondary N) is 2. The van der Waals surface area contributed by atoms with Gasteiger partial charge in [0, 0.05) is 11.1 Å². The molecule has 19 heavy (non-hydrogen) atoms. The molecule has 0 aliphatic heterocycles. The Balaban J connectivity index is 1.74. The highest BCUT2D eigenvalue weighted by Crippen LogP contribution is 2.23. The lowest BCUT2D eigenvalue weighted by Gasteiger charge is -2.09. The Bertz CT molecular complexity index is 738. The number of benzene rings is 1. The first kappa shape index (κ1) is 11.1. The molecule has 2 N–H and O–H groups in total. The highest BCUT2D eigenvalue weighted by Gasteiger charge is 2.17. The maximum atomic E-state index is 5.97. The fourth-order valence-electron chi connectivity index (χ4n) is 2.78. The molecular weight excluding hydrogens is 262 g/mol. The van der Waals surface area contributed by atoms with E-state index in [4.69, 9.17) is 11.6 Å². The predicted molar refractivity (Wildman–Crippen MR) is 75.7 cm³/mol. The van der Waals surface area contributed by atoms with Crippen LogP contribution in [0, 0.1) is 0 Å². The molecule has 4 rings (SSSR count). The number of halogens is 1. The van der Waals surface area contributed by atoms with E-state index >= 15 is 0 Å². The molecule has 0 unspecified atom stereocenters. The zero-order valence-electron chi connectivity index (χ0n) is 10.4. The first-order valence-electron chi connectivity index (χ1n) is 6.60. The van der Waals surface area contributed by atoms with Gasteiger partial charge in [0.15, 0.2) is 0 Å². The molecule has 0 spiro atoms. The van der Waals surface area contributed by atoms with Gasteiger partial charge in [-0.05, 0) is 31.0 Å². The van der Waals surface area contributed by atoms with Gasteiger partial charge in [-0.3, -0.25) is 5.10 Å². The molecule has 1 aliphatic carbocycles. The van der Waals surface area contributed by atoms with Crippen LogP contribution in [0.25, 0.3) is 16.8 Å². The Hall–Kier alpha value is -1.75. The van der Waals surface area contributed by atoms with Crippen molar-refractivity contribution in [1.29, 1.82) is 0 Å². The van der Waals surface area contributed by atoms with Crippen molar-refractivity contribution in [2.75, 3.05) is 5.32 Å². The molecule has 0 amide bonds. The number of hydrogen-bond acceptors (Lipinski definition) is 3. The molecule has 0 radical (unpaired) electrons. The summed E-state index contributed by atoms with van der Waals surface area (Å²) in [4.78, 5) is 8.95. The first-order valence-corrected chi connectivity index (χ1v) is 6.98. The van der Waals surface area contributed by atoms with Crippen LogP contribution in [-0.4, -0.2) is 25.6 Å². The quantitative estimate of drug-likeness (QED) is 0.755. The number of H-pyrrole nitrogens is 1. The predicted octanol–water partition coefficient (Wildman–Crippen LogP) is 3.22. The summed E-state index contributed by atoms with van der Waals surface area (Å²) in [6, 6.07) is 6.21. The van der Waals surface area contributed by atoms with Crippen LogP contribution < -0.4 is 5.32 Å². The maximum Gasteiger partial charge on any atom is 0.253 e. The standard InChI is InChI=1S/C13H14ClN5/c14-8-5-6-11-10(7-8)16-13-17-12(18-19(11)13)15-9-3-1-2-4-9/h5-7,9H,1-4H2,(H2,15,16,17,18). The van der Waals surface area contributed by atoms with Gasteiger partial charge in [-0.2, -0.15) is 4.98 Å². The van der Waals surface area contributed by atoms with E-state index in [9.17, 15) is 0 Å². The van der Waals surface area contributed by atoms with E-state index in [1.807, 2.05) is 22.7 Å². The van der Waals surface area contributed by atoms with E-state index in [1.165, 1.54) is 25.7 Å². The van der Waals surface area contributed by atoms with Crippen molar-refractivity contribution in [1.82, 2.24) is 19.6 Å². The normalized spacial score (nSPS) is 16.7. The molecule has 98 valence electrons. The number of hydrogen-bond donors (Lipinski definition) is 2. The lowest BCUT2D eigenvalue weighted by atomic mass is 10.3. The SMILES string of the molecule is Clc1ccc2c(c1)nc1nc(NC3CCCC3)[nH]n12. The molecule has 3 aromatic rings. The second kappa shape index (κ2) is 4.13. The molecule has 6 heteroatoms. The van der Waals surface area contributed by atoms with E-state index in [0.717, 1.165) is 17.0 Å². The summed E-state index contributed by atoms with van der Waals surface area (Å²) in [6.45, 7) is 0. The van der Waals surface area contributed by atoms with Crippen LogP contribution in [-0.2, 0) is 0 Å². The van der Waals surface area contributed by atoms with E-state index in [1.54, 1.807) is 0 Å². The number of rotatable bonds is 2. The summed E-state index contributed by atoms with van der Waals surface area (Å²) in [5, 5.41) is 7.38. The Morgan fingerprint density at radius 3 is 2.95 bits per heavy atom. The van der Waals surface area contributed by atoms with Crippen molar-refractivity contribution >= 4 is 34.4 Å². The average Bonchev–Trinajstić information content (AvgIpc) is 3.05. The summed E-state index contributed by atoms with van der Waals surface area (Å²) >= 11 is 5.97. The number of imidazole rings is 1. The maximum absolute atomic E-state index is 5.97. The van der Waals surface area contributed by atoms with Crippen LogP contribution >= 0.6 is 11.6 Å². The van der Waals surface area contributed by atoms with Crippen molar-refractivity contribution in [3.8, 4) is 0 Å². The minimum Gasteiger partial charge on any atom is -0.352 e. The zero-order valence-corrected chi connectivity index (χ0v) is 11.1. The van der Waals surface area contributed by atoms with E-state index in [2.05, 4.69) is 20.4 Å². The molecule has 0 bridgehead atoms. The van der Waals surface area contributed by atoms with Crippen LogP contribution in [0.1, 0.15) is 25.7 Å². The van der Waals surface area contributed by atoms with Gasteiger partial charge in [0.05, 0.1) is 11.0 Å². The number of aromatic amines is 1. The molecule has 2 heterocycles. The summed E-state index contributed by atoms with van der Waals surface area (Å²) in [6.07, 6.45) is 5.05. The minimum atomic E-state index is 0.538. The monoisotopic (exact) mass is 275 g/mol. The summed E-state index contributed by atoms with van der Waals surface area (Å²) in [5.74, 6) is 1.48. The fourth-order valence-corrected chi connectivity index (χ4v) is 2.95. The van der Waals surface area contributed by atoms with Gasteiger partial charge in [0.1, 0.15) is 0 Å². The molecule has 1 aliphatic rings. The molecule has 2 aromatic heterocycles. The molecule has 0 atom stereocenters. The largest absolute Gasteiger partial charge is 0.352 e. The van der Waals surface area contributed by atoms with Crippen molar-refractivity contribution in [2.45, 2.75) is 31.7 Å². The van der Waals surface area contributed by atoms with E-state index in [0.29, 0.717) is 16.8 Å². The Kier molecular flexibility index (Phi) is 2.41. The summed E-state index contributed by atoms with van der Waals surface area (Å²) < 4.78 is 1.89. The lowest BCUT2D eigenvalue weighted by Crippen LogP contribution is -2.15. The van der Waals surface area contributed by atoms with Gasteiger partial charge >= 0.3 is 0 Å². The van der Waals surface area contributed by atoms with Crippen LogP contribution in [0.2, 0.25) is 5.02 Å². The van der Waals surface area contributed by atoms with Crippen LogP contribution in [0.3, 0.4) is 0 Å². The second-order valence-electron chi connectivity index (χ2n) is 5.08. The summed E-state index contributed by atoms with van der Waals surface area (Å²) in [7, 11) is 0. The van der Waals surface area contributed by atoms with Crippen LogP contribution in [0.4, 0.5) is 5.95 Å². The smallest absolute Gasteiger partial charge is 0.253 e. The second-order valence-corrected chi connectivity index (χ2v) is 5.51. The third-order valence-corrected chi connectivity index (χ3v) is 3.96. The first-order chi connectivity index (χ1) is 9.29. The van der Waals surface area contributed by atoms with Gasteiger partial charge in [0.2, 0.25) is 5.95 Å². The van der Waals surface area contributed by atoms with Gasteiger partial charge in [-0.1, -0.05) is 24.4 Å². The Morgan fingerprint density at radius 1 is 1.26 bits per heavy atom. The molecule has 0 saturated heterocycles. The fraction of sp³-hybridized carbons (Fsp3) is 0.385. The van der Waals surface area contributed by atoms with Crippen molar-refractivity contribution in [3.05, 3.63) is 23.2 Å². The lowest BCUT2D eigenvalue weighted by molar-refractivity contribution is 0.744. The zero-order chi connectivity index (χ0) is 12.8. The topological polar surface area (TPSA) is 58.0 Å². The van der Waals surface area contributed by atoms with E-state index < -0.39 is 0 Å². The average molecular weight is 276 g/mol. The molecular formula is C13H14ClN5. The highest BCUT2D eigenvalue weighted by molar-refractivity contribution is 6.31. The number of fused-ring (bicyclic) bond motifs is 3. The van der Waals surface area contributed by atoms with Gasteiger partial charge < -0.3 is 5.32 Å². The molecule has 1 fully saturated rings. The minimum absolute atomic E-state index is 0.538. The molecule has 5 nitrogen and oxygen atoms in total. The summed E-state index contributed by atoms with van der Waals surface area (Å²) in [5.41, 5.74) is 1.85. The van der Waals surface area contributed by atoms with Gasteiger partial charge in [0.25, 0.3) is 5.78 Å². The molecule has 1 aromatic carbocycles.